The summed E-state index contributed by atoms with van der Waals surface area (Å²) in [5, 5.41) is 19.0. The number of carbonyl (C=O) groups excluding carboxylic acids is 1. The van der Waals surface area contributed by atoms with Gasteiger partial charge in [-0.05, 0) is 18.0 Å². The average Bonchev–Trinajstić information content (AvgIpc) is 2.96. The molecule has 0 aromatic carbocycles. The van der Waals surface area contributed by atoms with Crippen molar-refractivity contribution in [3.05, 3.63) is 22.8 Å². The van der Waals surface area contributed by atoms with Crippen LogP contribution >= 0.6 is 11.5 Å². The Labute approximate surface area is 112 Å². The Bertz CT molecular complexity index is 606. The maximum atomic E-state index is 11.9. The number of anilines is 1. The molecule has 0 saturated carbocycles. The first-order valence-electron chi connectivity index (χ1n) is 5.48. The molecule has 2 N–H and O–H groups in total. The smallest absolute Gasteiger partial charge is 0.325 e. The van der Waals surface area contributed by atoms with Crippen LogP contribution in [0.2, 0.25) is 0 Å². The van der Waals surface area contributed by atoms with E-state index in [4.69, 9.17) is 5.11 Å². The summed E-state index contributed by atoms with van der Waals surface area (Å²) in [5.74, 6) is -1.05. The number of hydrogen-bond acceptors (Lipinski definition) is 6. The number of aryl methyl sites for hydroxylation is 1. The molecule has 0 fully saturated rings. The van der Waals surface area contributed by atoms with Gasteiger partial charge < -0.3 is 10.4 Å². The van der Waals surface area contributed by atoms with Crippen LogP contribution in [0.25, 0.3) is 0 Å². The number of carboxylic acids is 1. The van der Waals surface area contributed by atoms with Crippen molar-refractivity contribution in [3.63, 3.8) is 0 Å². The first-order chi connectivity index (χ1) is 9.10. The van der Waals surface area contributed by atoms with Gasteiger partial charge in [-0.1, -0.05) is 11.4 Å². The summed E-state index contributed by atoms with van der Waals surface area (Å²) in [7, 11) is 0. The Kier molecular flexibility index (Phi) is 3.85. The molecule has 8 nitrogen and oxygen atoms in total. The van der Waals surface area contributed by atoms with Crippen LogP contribution in [0.4, 0.5) is 5.82 Å². The number of carbonyl (C=O) groups is 2. The van der Waals surface area contributed by atoms with Gasteiger partial charge in [0.05, 0.1) is 5.69 Å². The third-order valence-electron chi connectivity index (χ3n) is 2.28. The van der Waals surface area contributed by atoms with Crippen molar-refractivity contribution in [2.24, 2.45) is 0 Å². The van der Waals surface area contributed by atoms with Gasteiger partial charge in [-0.25, -0.2) is 0 Å². The SMILES string of the molecule is CCc1nnsc1C(=O)Nc1ccn(CC(=O)O)n1. The van der Waals surface area contributed by atoms with Crippen molar-refractivity contribution in [1.29, 1.82) is 0 Å². The molecule has 2 rings (SSSR count). The monoisotopic (exact) mass is 281 g/mol. The zero-order valence-corrected chi connectivity index (χ0v) is 10.8. The Hall–Kier alpha value is -2.29. The summed E-state index contributed by atoms with van der Waals surface area (Å²) in [4.78, 5) is 22.9. The van der Waals surface area contributed by atoms with Crippen molar-refractivity contribution in [3.8, 4) is 0 Å². The van der Waals surface area contributed by atoms with E-state index >= 15 is 0 Å². The summed E-state index contributed by atoms with van der Waals surface area (Å²) in [5.41, 5.74) is 0.632. The van der Waals surface area contributed by atoms with Crippen LogP contribution in [0, 0.1) is 0 Å². The van der Waals surface area contributed by atoms with Crippen LogP contribution in [0.3, 0.4) is 0 Å². The number of aliphatic carboxylic acids is 1. The molecule has 0 bridgehead atoms. The lowest BCUT2D eigenvalue weighted by Gasteiger charge is -2.00. The van der Waals surface area contributed by atoms with Gasteiger partial charge in [-0.2, -0.15) is 5.10 Å². The Morgan fingerprint density at radius 1 is 1.53 bits per heavy atom. The summed E-state index contributed by atoms with van der Waals surface area (Å²) >= 11 is 1.02. The summed E-state index contributed by atoms with van der Waals surface area (Å²) < 4.78 is 4.95. The van der Waals surface area contributed by atoms with Crippen molar-refractivity contribution in [2.75, 3.05) is 5.32 Å². The predicted octanol–water partition coefficient (Wildman–Crippen LogP) is 0.634. The Balaban J connectivity index is 2.07. The maximum absolute atomic E-state index is 11.9. The minimum atomic E-state index is -0.999. The van der Waals surface area contributed by atoms with Gasteiger partial charge in [0.2, 0.25) is 0 Å². The molecule has 0 atom stereocenters. The van der Waals surface area contributed by atoms with Crippen molar-refractivity contribution >= 4 is 29.2 Å². The molecule has 9 heteroatoms. The molecule has 0 aliphatic rings. The van der Waals surface area contributed by atoms with Gasteiger partial charge in [-0.15, -0.1) is 5.10 Å². The molecule has 0 aliphatic heterocycles. The second-order valence-corrected chi connectivity index (χ2v) is 4.40. The third-order valence-corrected chi connectivity index (χ3v) is 3.04. The third kappa shape index (κ3) is 3.13. The number of aromatic nitrogens is 4. The average molecular weight is 281 g/mol. The standard InChI is InChI=1S/C10H11N5O3S/c1-2-6-9(19-14-12-6)10(18)11-7-3-4-15(13-7)5-8(16)17/h3-4H,2,5H2,1H3,(H,16,17)(H,11,13,18). The number of nitrogens with one attached hydrogen (secondary N) is 1. The summed E-state index contributed by atoms with van der Waals surface area (Å²) in [6.45, 7) is 1.63. The highest BCUT2D eigenvalue weighted by Gasteiger charge is 2.16. The minimum Gasteiger partial charge on any atom is -0.480 e. The molecule has 0 radical (unpaired) electrons. The van der Waals surface area contributed by atoms with Crippen LogP contribution in [0.1, 0.15) is 22.3 Å². The van der Waals surface area contributed by atoms with Crippen molar-refractivity contribution < 1.29 is 14.7 Å². The van der Waals surface area contributed by atoms with Crippen LogP contribution in [-0.2, 0) is 17.8 Å². The fourth-order valence-electron chi connectivity index (χ4n) is 1.44. The van der Waals surface area contributed by atoms with E-state index in [1.807, 2.05) is 6.92 Å². The fraction of sp³-hybridized carbons (Fsp3) is 0.300. The Morgan fingerprint density at radius 2 is 2.32 bits per heavy atom. The van der Waals surface area contributed by atoms with Crippen LogP contribution in [-0.4, -0.2) is 36.4 Å². The van der Waals surface area contributed by atoms with Crippen LogP contribution in [0.15, 0.2) is 12.3 Å². The topological polar surface area (TPSA) is 110 Å². The number of nitrogens with zero attached hydrogens (tertiary/aromatic N) is 4. The summed E-state index contributed by atoms with van der Waals surface area (Å²) in [6, 6.07) is 1.53. The molecule has 2 aromatic rings. The van der Waals surface area contributed by atoms with Crippen LogP contribution in [0.5, 0.6) is 0 Å². The van der Waals surface area contributed by atoms with E-state index in [2.05, 4.69) is 20.0 Å². The lowest BCUT2D eigenvalue weighted by Crippen LogP contribution is -2.14. The Morgan fingerprint density at radius 3 is 3.00 bits per heavy atom. The minimum absolute atomic E-state index is 0.252. The molecule has 100 valence electrons. The lowest BCUT2D eigenvalue weighted by atomic mass is 10.3. The number of carboxylic acid groups (broad SMARTS) is 1. The highest BCUT2D eigenvalue weighted by Crippen LogP contribution is 2.13. The van der Waals surface area contributed by atoms with Gasteiger partial charge in [0, 0.05) is 12.3 Å². The number of amides is 1. The highest BCUT2D eigenvalue weighted by molar-refractivity contribution is 7.08. The quantitative estimate of drug-likeness (QED) is 0.832. The normalized spacial score (nSPS) is 10.4. The van der Waals surface area contributed by atoms with Gasteiger partial charge in [0.15, 0.2) is 5.82 Å². The highest BCUT2D eigenvalue weighted by atomic mass is 32.1. The van der Waals surface area contributed by atoms with E-state index in [-0.39, 0.29) is 12.5 Å². The van der Waals surface area contributed by atoms with E-state index in [0.29, 0.717) is 22.8 Å². The van der Waals surface area contributed by atoms with E-state index in [9.17, 15) is 9.59 Å². The van der Waals surface area contributed by atoms with Crippen molar-refractivity contribution in [2.45, 2.75) is 19.9 Å². The molecular weight excluding hydrogens is 270 g/mol. The molecule has 2 heterocycles. The maximum Gasteiger partial charge on any atom is 0.325 e. The predicted molar refractivity (Wildman–Crippen MR) is 67.1 cm³/mol. The van der Waals surface area contributed by atoms with Gasteiger partial charge >= 0.3 is 5.97 Å². The fourth-order valence-corrected chi connectivity index (χ4v) is 2.09. The van der Waals surface area contributed by atoms with E-state index in [0.717, 1.165) is 11.5 Å². The largest absolute Gasteiger partial charge is 0.480 e. The molecule has 1 amide bonds. The zero-order valence-electron chi connectivity index (χ0n) is 10.0. The summed E-state index contributed by atoms with van der Waals surface area (Å²) in [6.07, 6.45) is 2.10. The molecule has 0 spiro atoms. The van der Waals surface area contributed by atoms with Crippen molar-refractivity contribution in [1.82, 2.24) is 19.4 Å². The van der Waals surface area contributed by atoms with Gasteiger partial charge in [-0.3, -0.25) is 14.3 Å². The zero-order chi connectivity index (χ0) is 13.8. The number of hydrogen-bond donors (Lipinski definition) is 2. The van der Waals surface area contributed by atoms with Crippen LogP contribution < -0.4 is 5.32 Å². The molecular formula is C10H11N5O3S. The first kappa shape index (κ1) is 13.1. The molecule has 2 aromatic heterocycles. The lowest BCUT2D eigenvalue weighted by molar-refractivity contribution is -0.137. The molecule has 0 aliphatic carbocycles. The first-order valence-corrected chi connectivity index (χ1v) is 6.25. The molecule has 0 unspecified atom stereocenters. The second kappa shape index (κ2) is 5.57. The van der Waals surface area contributed by atoms with E-state index in [1.54, 1.807) is 0 Å². The van der Waals surface area contributed by atoms with E-state index in [1.165, 1.54) is 16.9 Å². The molecule has 19 heavy (non-hydrogen) atoms. The van der Waals surface area contributed by atoms with Gasteiger partial charge in [0.25, 0.3) is 5.91 Å². The number of rotatable bonds is 5. The molecule has 0 saturated heterocycles. The second-order valence-electron chi connectivity index (χ2n) is 3.65. The van der Waals surface area contributed by atoms with Gasteiger partial charge in [0.1, 0.15) is 11.4 Å². The van der Waals surface area contributed by atoms with E-state index < -0.39 is 5.97 Å².